The highest BCUT2D eigenvalue weighted by atomic mass is 35.5. The van der Waals surface area contributed by atoms with E-state index in [2.05, 4.69) is 0 Å². The van der Waals surface area contributed by atoms with Gasteiger partial charge < -0.3 is 15.1 Å². The number of carboxylic acids is 1. The molecule has 0 aromatic heterocycles. The van der Waals surface area contributed by atoms with Crippen molar-refractivity contribution < 1.29 is 19.8 Å². The van der Waals surface area contributed by atoms with E-state index in [0.717, 1.165) is 4.90 Å². The third kappa shape index (κ3) is 3.30. The fraction of sp³-hybridized carbons (Fsp3) is 0.412. The Kier molecular flexibility index (Phi) is 5.39. The van der Waals surface area contributed by atoms with Gasteiger partial charge in [0.15, 0.2) is 0 Å². The summed E-state index contributed by atoms with van der Waals surface area (Å²) in [6, 6.07) is 7.19. The molecule has 2 aliphatic rings. The number of carbonyl (C=O) groups excluding carboxylic acids is 1. The van der Waals surface area contributed by atoms with E-state index in [1.54, 1.807) is 18.7 Å². The second-order valence-electron chi connectivity index (χ2n) is 6.13. The summed E-state index contributed by atoms with van der Waals surface area (Å²) in [5, 5.41) is 20.7. The van der Waals surface area contributed by atoms with E-state index in [1.807, 2.05) is 31.2 Å². The third-order valence-electron chi connectivity index (χ3n) is 4.56. The molecular formula is C17H18ClNO4S2. The number of amides is 1. The summed E-state index contributed by atoms with van der Waals surface area (Å²) >= 11 is 8.90. The number of hydrogen-bond acceptors (Lipinski definition) is 5. The number of β-lactam (4-membered cyclic amide) rings is 1. The molecule has 1 aromatic rings. The summed E-state index contributed by atoms with van der Waals surface area (Å²) in [4.78, 5) is 27.0. The number of benzene rings is 1. The lowest BCUT2D eigenvalue weighted by atomic mass is 9.79. The van der Waals surface area contributed by atoms with Gasteiger partial charge in [-0.2, -0.15) is 0 Å². The average molecular weight is 400 g/mol. The first-order valence-electron chi connectivity index (χ1n) is 7.82. The van der Waals surface area contributed by atoms with Crippen molar-refractivity contribution in [2.24, 2.45) is 11.8 Å². The van der Waals surface area contributed by atoms with E-state index in [1.165, 1.54) is 16.7 Å². The first-order valence-corrected chi connectivity index (χ1v) is 10.2. The van der Waals surface area contributed by atoms with Crippen molar-refractivity contribution in [2.45, 2.75) is 30.9 Å². The minimum atomic E-state index is -1.09. The first kappa shape index (κ1) is 18.6. The van der Waals surface area contributed by atoms with Crippen LogP contribution in [0.1, 0.15) is 13.8 Å². The smallest absolute Gasteiger partial charge is 0.353 e. The van der Waals surface area contributed by atoms with Gasteiger partial charge in [-0.1, -0.05) is 18.5 Å². The maximum Gasteiger partial charge on any atom is 0.353 e. The molecule has 0 radical (unpaired) electrons. The Morgan fingerprint density at radius 1 is 1.32 bits per heavy atom. The average Bonchev–Trinajstić information content (AvgIpc) is 2.78. The fourth-order valence-electron chi connectivity index (χ4n) is 3.41. The zero-order valence-electron chi connectivity index (χ0n) is 13.7. The van der Waals surface area contributed by atoms with Crippen molar-refractivity contribution in [1.82, 2.24) is 4.90 Å². The maximum absolute atomic E-state index is 12.3. The summed E-state index contributed by atoms with van der Waals surface area (Å²) in [6.45, 7) is 3.50. The van der Waals surface area contributed by atoms with Gasteiger partial charge in [-0.3, -0.25) is 4.79 Å². The van der Waals surface area contributed by atoms with Crippen LogP contribution in [0.15, 0.2) is 39.8 Å². The zero-order chi connectivity index (χ0) is 18.3. The summed E-state index contributed by atoms with van der Waals surface area (Å²) in [5.41, 5.74) is 0.0705. The van der Waals surface area contributed by atoms with E-state index >= 15 is 0 Å². The summed E-state index contributed by atoms with van der Waals surface area (Å²) < 4.78 is 0. The molecule has 1 aromatic carbocycles. The number of carbonyl (C=O) groups is 2. The molecule has 0 unspecified atom stereocenters. The highest BCUT2D eigenvalue weighted by Gasteiger charge is 2.59. The molecule has 1 saturated heterocycles. The third-order valence-corrected chi connectivity index (χ3v) is 7.24. The molecule has 8 heteroatoms. The summed E-state index contributed by atoms with van der Waals surface area (Å²) in [5.74, 6) is -2.01. The number of aliphatic hydroxyl groups excluding tert-OH is 1. The topological polar surface area (TPSA) is 77.8 Å². The predicted octanol–water partition coefficient (Wildman–Crippen LogP) is 3.28. The Balaban J connectivity index is 1.74. The van der Waals surface area contributed by atoms with Gasteiger partial charge in [-0.15, -0.1) is 23.5 Å². The van der Waals surface area contributed by atoms with Crippen LogP contribution in [0.25, 0.3) is 0 Å². The van der Waals surface area contributed by atoms with Crippen LogP contribution < -0.4 is 0 Å². The molecule has 2 N–H and O–H groups in total. The van der Waals surface area contributed by atoms with Gasteiger partial charge in [0.25, 0.3) is 0 Å². The molecule has 0 bridgehead atoms. The Bertz CT molecular complexity index is 735. The molecule has 0 aliphatic carbocycles. The molecule has 134 valence electrons. The van der Waals surface area contributed by atoms with E-state index in [9.17, 15) is 19.8 Å². The number of rotatable bonds is 6. The number of nitrogens with zero attached hydrogens (tertiary/aromatic N) is 1. The van der Waals surface area contributed by atoms with Crippen molar-refractivity contribution in [3.05, 3.63) is 39.9 Å². The van der Waals surface area contributed by atoms with Gasteiger partial charge >= 0.3 is 5.97 Å². The Hall–Kier alpha value is -1.15. The second kappa shape index (κ2) is 7.23. The second-order valence-corrected chi connectivity index (χ2v) is 9.00. The van der Waals surface area contributed by atoms with Crippen LogP contribution in [0.2, 0.25) is 5.02 Å². The van der Waals surface area contributed by atoms with Crippen molar-refractivity contribution >= 4 is 47.0 Å². The molecule has 5 nitrogen and oxygen atoms in total. The molecule has 0 saturated carbocycles. The lowest BCUT2D eigenvalue weighted by molar-refractivity contribution is -0.163. The molecular weight excluding hydrogens is 382 g/mol. The molecule has 1 amide bonds. The van der Waals surface area contributed by atoms with Crippen LogP contribution in [-0.2, 0) is 9.59 Å². The van der Waals surface area contributed by atoms with Crippen molar-refractivity contribution in [1.29, 1.82) is 0 Å². The number of thioether (sulfide) groups is 2. The maximum atomic E-state index is 12.3. The fourth-order valence-corrected chi connectivity index (χ4v) is 5.87. The van der Waals surface area contributed by atoms with E-state index in [-0.39, 0.29) is 23.6 Å². The monoisotopic (exact) mass is 399 g/mol. The van der Waals surface area contributed by atoms with Crippen molar-refractivity contribution in [2.75, 3.05) is 5.08 Å². The molecule has 1 fully saturated rings. The van der Waals surface area contributed by atoms with Gasteiger partial charge in [0.05, 0.1) is 18.1 Å². The van der Waals surface area contributed by atoms with Crippen LogP contribution in [0.5, 0.6) is 0 Å². The number of carboxylic acid groups (broad SMARTS) is 1. The summed E-state index contributed by atoms with van der Waals surface area (Å²) in [7, 11) is 0. The van der Waals surface area contributed by atoms with Crippen molar-refractivity contribution in [3.8, 4) is 0 Å². The molecule has 2 heterocycles. The molecule has 0 spiro atoms. The van der Waals surface area contributed by atoms with E-state index in [0.29, 0.717) is 15.0 Å². The lowest BCUT2D eigenvalue weighted by Crippen LogP contribution is -2.63. The van der Waals surface area contributed by atoms with Gasteiger partial charge in [0.1, 0.15) is 5.70 Å². The number of fused-ring (bicyclic) bond motifs is 1. The standard InChI is InChI=1S/C17H18ClNO4S2/c1-8-13-12(9(2)20)16(21)19(13)14(17(22)23)15(8)25-7-24-11-5-3-10(18)4-6-11/h3-6,8-9,12-13,20H,7H2,1-2H3,(H,22,23)/t8-,9-,12-,13-/m1/s1. The predicted molar refractivity (Wildman–Crippen MR) is 99.4 cm³/mol. The van der Waals surface area contributed by atoms with Crippen LogP contribution in [-0.4, -0.2) is 44.2 Å². The SMILES string of the molecule is C[C@@H](O)[C@H]1C(=O)N2C(C(=O)O)=C(SCSc3ccc(Cl)cc3)[C@H](C)[C@H]12. The zero-order valence-corrected chi connectivity index (χ0v) is 16.1. The number of halogens is 1. The van der Waals surface area contributed by atoms with Gasteiger partial charge in [-0.05, 0) is 31.2 Å². The Morgan fingerprint density at radius 3 is 2.52 bits per heavy atom. The number of aliphatic hydroxyl groups is 1. The summed E-state index contributed by atoms with van der Waals surface area (Å²) in [6.07, 6.45) is -0.779. The molecule has 4 atom stereocenters. The first-order chi connectivity index (χ1) is 11.8. The van der Waals surface area contributed by atoms with Gasteiger partial charge in [-0.25, -0.2) is 4.79 Å². The van der Waals surface area contributed by atoms with Crippen LogP contribution in [0.4, 0.5) is 0 Å². The molecule has 2 aliphatic heterocycles. The van der Waals surface area contributed by atoms with Crippen LogP contribution in [0.3, 0.4) is 0 Å². The molecule has 3 rings (SSSR count). The number of aliphatic carboxylic acids is 1. The van der Waals surface area contributed by atoms with Gasteiger partial charge in [0, 0.05) is 25.8 Å². The van der Waals surface area contributed by atoms with E-state index in [4.69, 9.17) is 11.6 Å². The van der Waals surface area contributed by atoms with E-state index < -0.39 is 18.0 Å². The van der Waals surface area contributed by atoms with Crippen LogP contribution in [0, 0.1) is 11.8 Å². The normalized spacial score (nSPS) is 26.5. The quantitative estimate of drug-likeness (QED) is 0.434. The number of hydrogen-bond donors (Lipinski definition) is 2. The minimum Gasteiger partial charge on any atom is -0.477 e. The van der Waals surface area contributed by atoms with Gasteiger partial charge in [0.2, 0.25) is 5.91 Å². The van der Waals surface area contributed by atoms with Crippen LogP contribution >= 0.6 is 35.1 Å². The molecule has 25 heavy (non-hydrogen) atoms. The largest absolute Gasteiger partial charge is 0.477 e. The Morgan fingerprint density at radius 2 is 1.96 bits per heavy atom. The van der Waals surface area contributed by atoms with Crippen molar-refractivity contribution in [3.63, 3.8) is 0 Å². The highest BCUT2D eigenvalue weighted by molar-refractivity contribution is 8.17. The highest BCUT2D eigenvalue weighted by Crippen LogP contribution is 2.51. The Labute approximate surface area is 159 Å². The minimum absolute atomic E-state index is 0.0705. The lowest BCUT2D eigenvalue weighted by Gasteiger charge is -2.46.